The zero-order valence-corrected chi connectivity index (χ0v) is 22.0. The Balaban J connectivity index is 1.48. The zero-order chi connectivity index (χ0) is 26.6. The van der Waals surface area contributed by atoms with Crippen LogP contribution >= 0.6 is 23.2 Å². The number of hydrogen-bond donors (Lipinski definition) is 3. The van der Waals surface area contributed by atoms with Crippen molar-refractivity contribution in [1.82, 2.24) is 0 Å². The lowest BCUT2D eigenvalue weighted by Crippen LogP contribution is -2.16. The van der Waals surface area contributed by atoms with Crippen LogP contribution in [0.25, 0.3) is 0 Å². The number of anilines is 3. The van der Waals surface area contributed by atoms with Crippen molar-refractivity contribution in [3.8, 4) is 0 Å². The van der Waals surface area contributed by atoms with E-state index in [4.69, 9.17) is 23.2 Å². The second-order valence-electron chi connectivity index (χ2n) is 7.71. The predicted molar refractivity (Wildman–Crippen MR) is 145 cm³/mol. The van der Waals surface area contributed by atoms with Crippen LogP contribution in [0.15, 0.2) is 107 Å². The Morgan fingerprint density at radius 3 is 1.78 bits per heavy atom. The van der Waals surface area contributed by atoms with Gasteiger partial charge in [-0.15, -0.1) is 0 Å². The lowest BCUT2D eigenvalue weighted by Gasteiger charge is -2.12. The van der Waals surface area contributed by atoms with Gasteiger partial charge in [-0.2, -0.15) is 0 Å². The molecule has 0 fully saturated rings. The predicted octanol–water partition coefficient (Wildman–Crippen LogP) is 5.85. The van der Waals surface area contributed by atoms with Gasteiger partial charge in [-0.05, 0) is 72.8 Å². The van der Waals surface area contributed by atoms with Gasteiger partial charge < -0.3 is 5.32 Å². The van der Waals surface area contributed by atoms with Gasteiger partial charge in [-0.1, -0.05) is 47.5 Å². The first kappa shape index (κ1) is 26.5. The summed E-state index contributed by atoms with van der Waals surface area (Å²) in [6.45, 7) is 0. The van der Waals surface area contributed by atoms with E-state index < -0.39 is 26.0 Å². The lowest BCUT2D eigenvalue weighted by atomic mass is 10.2. The third kappa shape index (κ3) is 6.60. The molecule has 0 heterocycles. The van der Waals surface area contributed by atoms with Crippen LogP contribution in [-0.4, -0.2) is 22.7 Å². The molecular formula is C25H19Cl2N3O5S2. The summed E-state index contributed by atoms with van der Waals surface area (Å²) in [5, 5.41) is 3.11. The molecule has 0 aromatic heterocycles. The Bertz CT molecular complexity index is 1660. The Hall–Kier alpha value is -3.57. The maximum Gasteiger partial charge on any atom is 0.261 e. The molecule has 0 bridgehead atoms. The monoisotopic (exact) mass is 575 g/mol. The topological polar surface area (TPSA) is 121 Å². The van der Waals surface area contributed by atoms with Crippen molar-refractivity contribution in [3.63, 3.8) is 0 Å². The number of sulfonamides is 2. The van der Waals surface area contributed by atoms with E-state index in [0.717, 1.165) is 0 Å². The minimum atomic E-state index is -3.89. The third-order valence-electron chi connectivity index (χ3n) is 5.02. The molecule has 0 saturated carbocycles. The molecule has 0 aliphatic heterocycles. The molecule has 12 heteroatoms. The molecule has 0 radical (unpaired) electrons. The minimum absolute atomic E-state index is 0.0225. The standard InChI is InChI=1S/C25H19Cl2N3O5S2/c26-17-5-4-6-19(15-17)29-37(34,35)22-12-9-18(10-13-22)28-25(31)23-16-20(11-14-24(23)27)30-36(32,33)21-7-2-1-3-8-21/h1-16,29-30H,(H,28,31). The number of benzene rings is 4. The molecule has 0 saturated heterocycles. The summed E-state index contributed by atoms with van der Waals surface area (Å²) in [5.41, 5.74) is 0.779. The fraction of sp³-hybridized carbons (Fsp3) is 0. The van der Waals surface area contributed by atoms with E-state index in [1.54, 1.807) is 36.4 Å². The Labute approximate surface area is 224 Å². The van der Waals surface area contributed by atoms with Crippen LogP contribution in [0.4, 0.5) is 17.1 Å². The average Bonchev–Trinajstić information content (AvgIpc) is 2.85. The Kier molecular flexibility index (Phi) is 7.74. The molecule has 0 unspecified atom stereocenters. The van der Waals surface area contributed by atoms with E-state index in [9.17, 15) is 21.6 Å². The lowest BCUT2D eigenvalue weighted by molar-refractivity contribution is 0.102. The van der Waals surface area contributed by atoms with E-state index in [-0.39, 0.29) is 26.1 Å². The molecule has 8 nitrogen and oxygen atoms in total. The number of amides is 1. The number of halogens is 2. The van der Waals surface area contributed by atoms with Crippen molar-refractivity contribution in [3.05, 3.63) is 113 Å². The molecule has 0 spiro atoms. The molecule has 0 aliphatic carbocycles. The highest BCUT2D eigenvalue weighted by molar-refractivity contribution is 7.93. The first-order chi connectivity index (χ1) is 17.5. The molecule has 4 aromatic rings. The molecule has 3 N–H and O–H groups in total. The van der Waals surface area contributed by atoms with Crippen molar-refractivity contribution >= 4 is 66.2 Å². The fourth-order valence-electron chi connectivity index (χ4n) is 3.26. The summed E-state index contributed by atoms with van der Waals surface area (Å²) >= 11 is 12.1. The normalized spacial score (nSPS) is 11.5. The average molecular weight is 576 g/mol. The van der Waals surface area contributed by atoms with Gasteiger partial charge in [0.05, 0.1) is 26.1 Å². The molecule has 0 atom stereocenters. The van der Waals surface area contributed by atoms with Crippen molar-refractivity contribution in [1.29, 1.82) is 0 Å². The van der Waals surface area contributed by atoms with Crippen LogP contribution in [0.5, 0.6) is 0 Å². The van der Waals surface area contributed by atoms with Crippen LogP contribution in [0.3, 0.4) is 0 Å². The molecule has 37 heavy (non-hydrogen) atoms. The van der Waals surface area contributed by atoms with E-state index >= 15 is 0 Å². The van der Waals surface area contributed by atoms with E-state index in [2.05, 4.69) is 14.8 Å². The summed E-state index contributed by atoms with van der Waals surface area (Å²) in [6, 6.07) is 23.7. The molecule has 0 aliphatic rings. The highest BCUT2D eigenvalue weighted by Crippen LogP contribution is 2.25. The number of rotatable bonds is 8. The molecular weight excluding hydrogens is 557 g/mol. The maximum absolute atomic E-state index is 12.9. The molecule has 4 aromatic carbocycles. The number of nitrogens with one attached hydrogen (secondary N) is 3. The summed E-state index contributed by atoms with van der Waals surface area (Å²) < 4.78 is 55.4. The summed E-state index contributed by atoms with van der Waals surface area (Å²) in [6.07, 6.45) is 0. The highest BCUT2D eigenvalue weighted by Gasteiger charge is 2.18. The quantitative estimate of drug-likeness (QED) is 0.243. The second kappa shape index (κ2) is 10.8. The fourth-order valence-corrected chi connectivity index (χ4v) is 5.77. The van der Waals surface area contributed by atoms with Crippen LogP contribution in [0.1, 0.15) is 10.4 Å². The van der Waals surface area contributed by atoms with Crippen LogP contribution in [-0.2, 0) is 20.0 Å². The van der Waals surface area contributed by atoms with Gasteiger partial charge in [0.15, 0.2) is 0 Å². The molecule has 1 amide bonds. The van der Waals surface area contributed by atoms with Gasteiger partial charge in [0.1, 0.15) is 0 Å². The van der Waals surface area contributed by atoms with E-state index in [1.807, 2.05) is 0 Å². The Morgan fingerprint density at radius 1 is 0.595 bits per heavy atom. The van der Waals surface area contributed by atoms with Crippen molar-refractivity contribution in [2.75, 3.05) is 14.8 Å². The maximum atomic E-state index is 12.9. The molecule has 190 valence electrons. The van der Waals surface area contributed by atoms with Gasteiger partial charge in [-0.3, -0.25) is 14.2 Å². The minimum Gasteiger partial charge on any atom is -0.322 e. The van der Waals surface area contributed by atoms with Crippen molar-refractivity contribution in [2.45, 2.75) is 9.79 Å². The number of carbonyl (C=O) groups is 1. The number of hydrogen-bond acceptors (Lipinski definition) is 5. The molecule has 4 rings (SSSR count). The zero-order valence-electron chi connectivity index (χ0n) is 18.9. The van der Waals surface area contributed by atoms with Gasteiger partial charge in [0.2, 0.25) is 0 Å². The van der Waals surface area contributed by atoms with Crippen LogP contribution in [0.2, 0.25) is 10.0 Å². The Morgan fingerprint density at radius 2 is 1.16 bits per heavy atom. The van der Waals surface area contributed by atoms with Gasteiger partial charge in [-0.25, -0.2) is 16.8 Å². The van der Waals surface area contributed by atoms with Crippen molar-refractivity contribution in [2.24, 2.45) is 0 Å². The number of carbonyl (C=O) groups excluding carboxylic acids is 1. The first-order valence-electron chi connectivity index (χ1n) is 10.6. The largest absolute Gasteiger partial charge is 0.322 e. The van der Waals surface area contributed by atoms with Gasteiger partial charge in [0.25, 0.3) is 26.0 Å². The van der Waals surface area contributed by atoms with Gasteiger partial charge in [0, 0.05) is 16.4 Å². The van der Waals surface area contributed by atoms with E-state index in [0.29, 0.717) is 16.4 Å². The van der Waals surface area contributed by atoms with Crippen LogP contribution < -0.4 is 14.8 Å². The SMILES string of the molecule is O=C(Nc1ccc(S(=O)(=O)Nc2cccc(Cl)c2)cc1)c1cc(NS(=O)(=O)c2ccccc2)ccc1Cl. The third-order valence-corrected chi connectivity index (χ3v) is 8.38. The summed E-state index contributed by atoms with van der Waals surface area (Å²) in [4.78, 5) is 12.9. The summed E-state index contributed by atoms with van der Waals surface area (Å²) in [7, 11) is -7.75. The van der Waals surface area contributed by atoms with E-state index in [1.165, 1.54) is 60.7 Å². The van der Waals surface area contributed by atoms with Crippen molar-refractivity contribution < 1.29 is 21.6 Å². The second-order valence-corrected chi connectivity index (χ2v) is 11.9. The highest BCUT2D eigenvalue weighted by atomic mass is 35.5. The van der Waals surface area contributed by atoms with Gasteiger partial charge >= 0.3 is 0 Å². The van der Waals surface area contributed by atoms with Crippen LogP contribution in [0, 0.1) is 0 Å². The first-order valence-corrected chi connectivity index (χ1v) is 14.3. The smallest absolute Gasteiger partial charge is 0.261 e. The summed E-state index contributed by atoms with van der Waals surface area (Å²) in [5.74, 6) is -0.613.